The average Bonchev–Trinajstić information content (AvgIpc) is 2.91. The summed E-state index contributed by atoms with van der Waals surface area (Å²) in [6.07, 6.45) is -0.601. The molecule has 1 heterocycles. The van der Waals surface area contributed by atoms with E-state index in [4.69, 9.17) is 9.47 Å². The van der Waals surface area contributed by atoms with Gasteiger partial charge in [0.1, 0.15) is 11.6 Å². The zero-order chi connectivity index (χ0) is 16.9. The van der Waals surface area contributed by atoms with Crippen LogP contribution in [0.2, 0.25) is 0 Å². The fourth-order valence-electron chi connectivity index (χ4n) is 2.82. The lowest BCUT2D eigenvalue weighted by Crippen LogP contribution is -2.22. The molecule has 126 valence electrons. The van der Waals surface area contributed by atoms with E-state index in [1.807, 2.05) is 60.0 Å². The highest BCUT2D eigenvalue weighted by Gasteiger charge is 2.12. The van der Waals surface area contributed by atoms with Crippen molar-refractivity contribution in [3.05, 3.63) is 59.9 Å². The molecule has 0 bridgehead atoms. The quantitative estimate of drug-likeness (QED) is 0.725. The molecule has 0 aliphatic heterocycles. The lowest BCUT2D eigenvalue weighted by molar-refractivity contribution is 0.0200. The molecule has 1 atom stereocenters. The minimum Gasteiger partial charge on any atom is -0.496 e. The number of aliphatic hydroxyl groups is 1. The van der Waals surface area contributed by atoms with Crippen molar-refractivity contribution in [1.82, 2.24) is 9.55 Å². The van der Waals surface area contributed by atoms with Crippen molar-refractivity contribution in [2.45, 2.75) is 26.2 Å². The van der Waals surface area contributed by atoms with E-state index in [0.717, 1.165) is 28.2 Å². The molecule has 3 rings (SSSR count). The van der Waals surface area contributed by atoms with E-state index in [0.29, 0.717) is 13.2 Å². The fraction of sp³-hybridized carbons (Fsp3) is 0.316. The van der Waals surface area contributed by atoms with Crippen LogP contribution in [0.3, 0.4) is 0 Å². The number of benzene rings is 2. The minimum absolute atomic E-state index is 0.254. The summed E-state index contributed by atoms with van der Waals surface area (Å²) in [4.78, 5) is 4.51. The van der Waals surface area contributed by atoms with Crippen molar-refractivity contribution in [2.75, 3.05) is 13.7 Å². The van der Waals surface area contributed by atoms with Crippen LogP contribution in [0.25, 0.3) is 11.0 Å². The molecule has 1 unspecified atom stereocenters. The summed E-state index contributed by atoms with van der Waals surface area (Å²) in [5, 5.41) is 10.3. The van der Waals surface area contributed by atoms with E-state index in [1.165, 1.54) is 0 Å². The van der Waals surface area contributed by atoms with Crippen molar-refractivity contribution in [2.24, 2.45) is 0 Å². The molecule has 1 N–H and O–H groups in total. The molecule has 0 radical (unpaired) electrons. The van der Waals surface area contributed by atoms with Gasteiger partial charge in [-0.1, -0.05) is 30.3 Å². The van der Waals surface area contributed by atoms with Gasteiger partial charge >= 0.3 is 0 Å². The number of hydrogen-bond acceptors (Lipinski definition) is 4. The number of fused-ring (bicyclic) bond motifs is 1. The van der Waals surface area contributed by atoms with Crippen LogP contribution in [-0.4, -0.2) is 34.5 Å². The van der Waals surface area contributed by atoms with Crippen molar-refractivity contribution in [1.29, 1.82) is 0 Å². The number of rotatable bonds is 7. The van der Waals surface area contributed by atoms with E-state index in [9.17, 15) is 5.11 Å². The summed E-state index contributed by atoms with van der Waals surface area (Å²) >= 11 is 0. The maximum atomic E-state index is 10.3. The number of ether oxygens (including phenoxy) is 2. The number of methoxy groups -OCH3 is 1. The summed E-state index contributed by atoms with van der Waals surface area (Å²) in [6, 6.07) is 15.6. The first kappa shape index (κ1) is 16.5. The maximum absolute atomic E-state index is 10.3. The monoisotopic (exact) mass is 326 g/mol. The zero-order valence-corrected chi connectivity index (χ0v) is 14.0. The molecule has 0 spiro atoms. The van der Waals surface area contributed by atoms with Gasteiger partial charge in [0.25, 0.3) is 0 Å². The number of nitrogens with zero attached hydrogens (tertiary/aromatic N) is 2. The third-order valence-corrected chi connectivity index (χ3v) is 4.00. The first-order valence-electron chi connectivity index (χ1n) is 7.98. The van der Waals surface area contributed by atoms with Gasteiger partial charge in [-0.3, -0.25) is 0 Å². The second-order valence-corrected chi connectivity index (χ2v) is 5.74. The van der Waals surface area contributed by atoms with Crippen LogP contribution in [0, 0.1) is 6.92 Å². The molecule has 0 aliphatic carbocycles. The molecule has 0 fully saturated rings. The van der Waals surface area contributed by atoms with Crippen LogP contribution in [0.15, 0.2) is 48.5 Å². The molecule has 0 aliphatic rings. The highest BCUT2D eigenvalue weighted by atomic mass is 16.5. The van der Waals surface area contributed by atoms with E-state index in [-0.39, 0.29) is 6.61 Å². The SMILES string of the molecule is COc1ccccc1COCC(O)Cn1c(C)nc2ccccc21. The smallest absolute Gasteiger partial charge is 0.124 e. The first-order chi connectivity index (χ1) is 11.7. The van der Waals surface area contributed by atoms with Gasteiger partial charge in [-0.25, -0.2) is 4.98 Å². The standard InChI is InChI=1S/C19H22N2O3/c1-14-20-17-8-4-5-9-18(17)21(14)11-16(22)13-24-12-15-7-3-6-10-19(15)23-2/h3-10,16,22H,11-13H2,1-2H3. The zero-order valence-electron chi connectivity index (χ0n) is 14.0. The number of imidazole rings is 1. The third-order valence-electron chi connectivity index (χ3n) is 4.00. The lowest BCUT2D eigenvalue weighted by atomic mass is 10.2. The Hall–Kier alpha value is -2.37. The third kappa shape index (κ3) is 3.58. The van der Waals surface area contributed by atoms with Gasteiger partial charge in [-0.2, -0.15) is 0 Å². The van der Waals surface area contributed by atoms with Gasteiger partial charge in [-0.05, 0) is 25.1 Å². The summed E-state index contributed by atoms with van der Waals surface area (Å²) in [5.74, 6) is 1.68. The second kappa shape index (κ2) is 7.47. The Morgan fingerprint density at radius 1 is 1.12 bits per heavy atom. The van der Waals surface area contributed by atoms with Gasteiger partial charge in [0.15, 0.2) is 0 Å². The van der Waals surface area contributed by atoms with Gasteiger partial charge < -0.3 is 19.1 Å². The number of hydrogen-bond donors (Lipinski definition) is 1. The number of aliphatic hydroxyl groups excluding tert-OH is 1. The minimum atomic E-state index is -0.601. The van der Waals surface area contributed by atoms with E-state index >= 15 is 0 Å². The van der Waals surface area contributed by atoms with Crippen LogP contribution >= 0.6 is 0 Å². The van der Waals surface area contributed by atoms with Gasteiger partial charge in [0.2, 0.25) is 0 Å². The highest BCUT2D eigenvalue weighted by Crippen LogP contribution is 2.19. The maximum Gasteiger partial charge on any atom is 0.124 e. The molecule has 1 aromatic heterocycles. The fourth-order valence-corrected chi connectivity index (χ4v) is 2.82. The number of aromatic nitrogens is 2. The molecular formula is C19H22N2O3. The molecule has 3 aromatic rings. The highest BCUT2D eigenvalue weighted by molar-refractivity contribution is 5.75. The van der Waals surface area contributed by atoms with Crippen molar-refractivity contribution < 1.29 is 14.6 Å². The number of para-hydroxylation sites is 3. The Balaban J connectivity index is 1.59. The summed E-state index contributed by atoms with van der Waals surface area (Å²) in [6.45, 7) is 3.06. The molecular weight excluding hydrogens is 304 g/mol. The predicted molar refractivity (Wildman–Crippen MR) is 93.1 cm³/mol. The van der Waals surface area contributed by atoms with Crippen LogP contribution in [0.1, 0.15) is 11.4 Å². The molecule has 5 heteroatoms. The Kier molecular flexibility index (Phi) is 5.13. The molecule has 24 heavy (non-hydrogen) atoms. The van der Waals surface area contributed by atoms with Crippen LogP contribution in [-0.2, 0) is 17.9 Å². The molecule has 0 saturated carbocycles. The van der Waals surface area contributed by atoms with Crippen LogP contribution < -0.4 is 4.74 Å². The second-order valence-electron chi connectivity index (χ2n) is 5.74. The summed E-state index contributed by atoms with van der Waals surface area (Å²) in [7, 11) is 1.64. The van der Waals surface area contributed by atoms with Gasteiger partial charge in [0, 0.05) is 5.56 Å². The van der Waals surface area contributed by atoms with Crippen molar-refractivity contribution >= 4 is 11.0 Å². The van der Waals surface area contributed by atoms with E-state index in [1.54, 1.807) is 7.11 Å². The topological polar surface area (TPSA) is 56.5 Å². The van der Waals surface area contributed by atoms with Crippen molar-refractivity contribution in [3.63, 3.8) is 0 Å². The summed E-state index contributed by atoms with van der Waals surface area (Å²) < 4.78 is 13.0. The van der Waals surface area contributed by atoms with E-state index < -0.39 is 6.10 Å². The average molecular weight is 326 g/mol. The molecule has 2 aromatic carbocycles. The van der Waals surface area contributed by atoms with Gasteiger partial charge in [0.05, 0.1) is 44.0 Å². The number of aryl methyl sites for hydroxylation is 1. The van der Waals surface area contributed by atoms with Crippen LogP contribution in [0.4, 0.5) is 0 Å². The Labute approximate surface area is 141 Å². The first-order valence-corrected chi connectivity index (χ1v) is 7.98. The molecule has 0 saturated heterocycles. The molecule has 5 nitrogen and oxygen atoms in total. The normalized spacial score (nSPS) is 12.5. The summed E-state index contributed by atoms with van der Waals surface area (Å²) in [5.41, 5.74) is 2.94. The molecule has 0 amide bonds. The largest absolute Gasteiger partial charge is 0.496 e. The van der Waals surface area contributed by atoms with Crippen molar-refractivity contribution in [3.8, 4) is 5.75 Å². The Morgan fingerprint density at radius 2 is 1.88 bits per heavy atom. The van der Waals surface area contributed by atoms with E-state index in [2.05, 4.69) is 4.98 Å². The van der Waals surface area contributed by atoms with Gasteiger partial charge in [-0.15, -0.1) is 0 Å². The Bertz CT molecular complexity index is 813. The van der Waals surface area contributed by atoms with Crippen LogP contribution in [0.5, 0.6) is 5.75 Å². The lowest BCUT2D eigenvalue weighted by Gasteiger charge is -2.15. The Morgan fingerprint density at radius 3 is 2.71 bits per heavy atom. The predicted octanol–water partition coefficient (Wildman–Crippen LogP) is 2.93.